The summed E-state index contributed by atoms with van der Waals surface area (Å²) in [7, 11) is 0. The van der Waals surface area contributed by atoms with Crippen LogP contribution in [0.2, 0.25) is 0 Å². The summed E-state index contributed by atoms with van der Waals surface area (Å²) in [6.45, 7) is 3.06. The Morgan fingerprint density at radius 2 is 1.63 bits per heavy atom. The summed E-state index contributed by atoms with van der Waals surface area (Å²) in [5.41, 5.74) is 6.39. The molecular weight excluding hydrogens is 530 g/mol. The standard InChI is InChI=1S/C38H32N3O2/c1-2-41(33-18-9-11-20-35(33)43-37(41)22-12-21-36-39-31-17-8-10-19-34(31)42-36)38(29-14-4-3-5-15-29)24-26-40-25-23-28-13-6-7-16-30(28)32(40)27-38/h3-27,37,39H,2H2,1H3/q+1. The van der Waals surface area contributed by atoms with Crippen molar-refractivity contribution in [3.05, 3.63) is 168 Å². The van der Waals surface area contributed by atoms with Crippen LogP contribution in [0.4, 0.5) is 11.4 Å². The Labute approximate surface area is 252 Å². The Balaban J connectivity index is 1.30. The van der Waals surface area contributed by atoms with Crippen LogP contribution >= 0.6 is 0 Å². The molecule has 5 heteroatoms. The first kappa shape index (κ1) is 25.5. The first-order valence-electron chi connectivity index (χ1n) is 14.8. The number of likely N-dealkylation sites (N-methyl/N-ethyl adjacent to an activating group) is 1. The lowest BCUT2D eigenvalue weighted by Gasteiger charge is -2.51. The number of allylic oxidation sites excluding steroid dienone is 2. The molecule has 4 heterocycles. The molecule has 4 aliphatic heterocycles. The molecule has 8 rings (SSSR count). The summed E-state index contributed by atoms with van der Waals surface area (Å²) < 4.78 is 13.4. The van der Waals surface area contributed by atoms with E-state index < -0.39 is 5.54 Å². The van der Waals surface area contributed by atoms with Crippen LogP contribution in [0.5, 0.6) is 11.5 Å². The number of hydrogen-bond donors (Lipinski definition) is 1. The molecule has 0 saturated carbocycles. The van der Waals surface area contributed by atoms with Gasteiger partial charge < -0.3 is 19.7 Å². The highest BCUT2D eigenvalue weighted by atomic mass is 16.5. The summed E-state index contributed by atoms with van der Waals surface area (Å²) in [6.07, 6.45) is 17.3. The zero-order chi connectivity index (χ0) is 28.9. The van der Waals surface area contributed by atoms with Crippen LogP contribution in [0.1, 0.15) is 23.6 Å². The number of nitrogens with one attached hydrogen (secondary N) is 1. The van der Waals surface area contributed by atoms with Gasteiger partial charge in [-0.3, -0.25) is 0 Å². The van der Waals surface area contributed by atoms with Gasteiger partial charge in [0, 0.05) is 47.8 Å². The number of benzene rings is 4. The number of anilines is 1. The number of ether oxygens (including phenoxy) is 2. The largest absolute Gasteiger partial charge is 0.439 e. The van der Waals surface area contributed by atoms with E-state index in [1.54, 1.807) is 0 Å². The SMILES string of the molecule is CC[N+]1(C2(c3ccccc3)C=CN3C=Cc4ccccc4C3=C2)c2ccccc2OC1C=CC=C1Nc2ccccc2O1. The highest BCUT2D eigenvalue weighted by Gasteiger charge is 2.60. The second kappa shape index (κ2) is 9.93. The Hall–Kier alpha value is -5.26. The van der Waals surface area contributed by atoms with E-state index in [1.807, 2.05) is 30.3 Å². The fourth-order valence-corrected chi connectivity index (χ4v) is 7.05. The van der Waals surface area contributed by atoms with Gasteiger partial charge in [0.1, 0.15) is 0 Å². The molecule has 0 amide bonds. The van der Waals surface area contributed by atoms with Crippen molar-refractivity contribution >= 4 is 23.1 Å². The van der Waals surface area contributed by atoms with E-state index in [0.29, 0.717) is 10.4 Å². The molecule has 4 aliphatic rings. The molecule has 0 aliphatic carbocycles. The minimum atomic E-state index is -0.562. The molecule has 1 N–H and O–H groups in total. The summed E-state index contributed by atoms with van der Waals surface area (Å²) >= 11 is 0. The van der Waals surface area contributed by atoms with Gasteiger partial charge in [0.2, 0.25) is 0 Å². The van der Waals surface area contributed by atoms with E-state index in [1.165, 1.54) is 22.4 Å². The van der Waals surface area contributed by atoms with Crippen LogP contribution in [0, 0.1) is 0 Å². The fraction of sp³-hybridized carbons (Fsp3) is 0.105. The topological polar surface area (TPSA) is 33.7 Å². The Kier molecular flexibility index (Phi) is 5.88. The van der Waals surface area contributed by atoms with Gasteiger partial charge in [-0.1, -0.05) is 84.9 Å². The lowest BCUT2D eigenvalue weighted by molar-refractivity contribution is 0.0553. The molecular formula is C38H32N3O2+. The average Bonchev–Trinajstić information content (AvgIpc) is 3.64. The highest BCUT2D eigenvalue weighted by Crippen LogP contribution is 2.55. The maximum absolute atomic E-state index is 6.85. The van der Waals surface area contributed by atoms with E-state index in [4.69, 9.17) is 9.47 Å². The smallest absolute Gasteiger partial charge is 0.259 e. The van der Waals surface area contributed by atoms with E-state index in [-0.39, 0.29) is 6.23 Å². The molecule has 0 saturated heterocycles. The molecule has 3 unspecified atom stereocenters. The maximum Gasteiger partial charge on any atom is 0.259 e. The van der Waals surface area contributed by atoms with Gasteiger partial charge in [0.25, 0.3) is 6.23 Å². The molecule has 0 bridgehead atoms. The van der Waals surface area contributed by atoms with Gasteiger partial charge in [-0.25, -0.2) is 4.48 Å². The summed E-state index contributed by atoms with van der Waals surface area (Å²) in [5.74, 6) is 2.43. The van der Waals surface area contributed by atoms with Gasteiger partial charge in [0.15, 0.2) is 28.6 Å². The van der Waals surface area contributed by atoms with E-state index in [2.05, 4.69) is 139 Å². The van der Waals surface area contributed by atoms with Crippen molar-refractivity contribution in [3.8, 4) is 11.5 Å². The normalized spacial score (nSPS) is 25.3. The van der Waals surface area contributed by atoms with Crippen molar-refractivity contribution in [1.82, 2.24) is 9.38 Å². The number of nitrogens with zero attached hydrogens (tertiary/aromatic N) is 2. The lowest BCUT2D eigenvalue weighted by atomic mass is 9.80. The number of quaternary nitrogens is 1. The Bertz CT molecular complexity index is 1840. The molecule has 4 aromatic rings. The number of para-hydroxylation sites is 4. The lowest BCUT2D eigenvalue weighted by Crippen LogP contribution is -2.66. The molecule has 210 valence electrons. The second-order valence-corrected chi connectivity index (χ2v) is 11.1. The molecule has 0 aromatic heterocycles. The van der Waals surface area contributed by atoms with Crippen LogP contribution in [0.3, 0.4) is 0 Å². The quantitative estimate of drug-likeness (QED) is 0.248. The van der Waals surface area contributed by atoms with Gasteiger partial charge in [0.05, 0.1) is 17.9 Å². The summed E-state index contributed by atoms with van der Waals surface area (Å²) in [5, 5.41) is 3.36. The van der Waals surface area contributed by atoms with Crippen molar-refractivity contribution in [2.45, 2.75) is 18.7 Å². The zero-order valence-corrected chi connectivity index (χ0v) is 23.9. The molecule has 43 heavy (non-hydrogen) atoms. The summed E-state index contributed by atoms with van der Waals surface area (Å²) in [6, 6.07) is 35.9. The predicted molar refractivity (Wildman–Crippen MR) is 174 cm³/mol. The van der Waals surface area contributed by atoms with Gasteiger partial charge in [-0.2, -0.15) is 0 Å². The first-order valence-corrected chi connectivity index (χ1v) is 14.8. The molecule has 0 radical (unpaired) electrons. The van der Waals surface area contributed by atoms with Crippen LogP contribution in [0.15, 0.2) is 152 Å². The maximum atomic E-state index is 6.85. The van der Waals surface area contributed by atoms with Crippen molar-refractivity contribution < 1.29 is 9.47 Å². The van der Waals surface area contributed by atoms with Gasteiger partial charge in [-0.15, -0.1) is 0 Å². The molecule has 4 aromatic carbocycles. The van der Waals surface area contributed by atoms with Crippen molar-refractivity contribution in [1.29, 1.82) is 0 Å². The molecule has 5 nitrogen and oxygen atoms in total. The fourth-order valence-electron chi connectivity index (χ4n) is 7.05. The second-order valence-electron chi connectivity index (χ2n) is 11.1. The van der Waals surface area contributed by atoms with Crippen molar-refractivity contribution in [2.75, 3.05) is 11.9 Å². The number of hydrogen-bond acceptors (Lipinski definition) is 4. The third-order valence-corrected chi connectivity index (χ3v) is 9.04. The van der Waals surface area contributed by atoms with Crippen molar-refractivity contribution in [2.24, 2.45) is 0 Å². The summed E-state index contributed by atoms with van der Waals surface area (Å²) in [4.78, 5) is 2.23. The minimum Gasteiger partial charge on any atom is -0.439 e. The van der Waals surface area contributed by atoms with Crippen LogP contribution in [0.25, 0.3) is 11.8 Å². The van der Waals surface area contributed by atoms with E-state index >= 15 is 0 Å². The van der Waals surface area contributed by atoms with Crippen LogP contribution in [-0.2, 0) is 5.54 Å². The highest BCUT2D eigenvalue weighted by molar-refractivity contribution is 5.81. The monoisotopic (exact) mass is 562 g/mol. The first-order chi connectivity index (χ1) is 21.2. The molecule has 3 atom stereocenters. The van der Waals surface area contributed by atoms with E-state index in [0.717, 1.165) is 29.4 Å². The van der Waals surface area contributed by atoms with Gasteiger partial charge >= 0.3 is 0 Å². The van der Waals surface area contributed by atoms with Crippen LogP contribution in [-0.4, -0.2) is 17.7 Å². The van der Waals surface area contributed by atoms with E-state index in [9.17, 15) is 0 Å². The average molecular weight is 563 g/mol. The van der Waals surface area contributed by atoms with Crippen LogP contribution < -0.4 is 19.3 Å². The van der Waals surface area contributed by atoms with Crippen molar-refractivity contribution in [3.63, 3.8) is 0 Å². The zero-order valence-electron chi connectivity index (χ0n) is 23.9. The minimum absolute atomic E-state index is 0.300. The molecule has 0 fully saturated rings. The Morgan fingerprint density at radius 1 is 0.860 bits per heavy atom. The third-order valence-electron chi connectivity index (χ3n) is 9.04. The predicted octanol–water partition coefficient (Wildman–Crippen LogP) is 8.38. The third kappa shape index (κ3) is 3.82. The molecule has 0 spiro atoms. The number of rotatable bonds is 5. The van der Waals surface area contributed by atoms with Gasteiger partial charge in [-0.05, 0) is 42.8 Å². The Morgan fingerprint density at radius 3 is 2.49 bits per heavy atom. The number of fused-ring (bicyclic) bond motifs is 5.